The molecule has 0 radical (unpaired) electrons. The third-order valence-corrected chi connectivity index (χ3v) is 4.36. The van der Waals surface area contributed by atoms with E-state index in [4.69, 9.17) is 15.3 Å². The third kappa shape index (κ3) is 5.34. The zero-order valence-electron chi connectivity index (χ0n) is 14.7. The highest BCUT2D eigenvalue weighted by molar-refractivity contribution is 9.10. The maximum absolute atomic E-state index is 10.4. The van der Waals surface area contributed by atoms with Crippen LogP contribution in [0, 0.1) is 0 Å². The van der Waals surface area contributed by atoms with Crippen LogP contribution in [0.2, 0.25) is 0 Å². The summed E-state index contributed by atoms with van der Waals surface area (Å²) in [6, 6.07) is 3.93. The number of aromatic nitrogens is 2. The molecule has 0 fully saturated rings. The van der Waals surface area contributed by atoms with Gasteiger partial charge in [-0.1, -0.05) is 0 Å². The molecular formula is C16H19BrN5O6+. The summed E-state index contributed by atoms with van der Waals surface area (Å²) in [6.45, 7) is 1.88. The number of carbonyl (C=O) groups excluding carboxylic acids is 1. The second-order valence-electron chi connectivity index (χ2n) is 5.46. The van der Waals surface area contributed by atoms with Crippen LogP contribution in [-0.4, -0.2) is 75.6 Å². The number of halogens is 1. The van der Waals surface area contributed by atoms with Crippen molar-refractivity contribution < 1.29 is 34.6 Å². The Morgan fingerprint density at radius 1 is 1.29 bits per heavy atom. The first kappa shape index (κ1) is 21.5. The zero-order chi connectivity index (χ0) is 20.7. The number of anilines is 1. The van der Waals surface area contributed by atoms with Crippen LogP contribution < -0.4 is 15.6 Å². The van der Waals surface area contributed by atoms with Crippen LogP contribution in [0.25, 0.3) is 11.0 Å². The highest BCUT2D eigenvalue weighted by Gasteiger charge is 2.30. The van der Waals surface area contributed by atoms with Gasteiger partial charge in [0.2, 0.25) is 0 Å². The van der Waals surface area contributed by atoms with E-state index in [2.05, 4.69) is 46.3 Å². The molecule has 150 valence electrons. The second-order valence-corrected chi connectivity index (χ2v) is 6.25. The predicted octanol–water partition coefficient (Wildman–Crippen LogP) is -2.19. The van der Waals surface area contributed by atoms with Crippen molar-refractivity contribution in [2.24, 2.45) is 0 Å². The number of esters is 1. The van der Waals surface area contributed by atoms with Gasteiger partial charge in [0.1, 0.15) is 11.2 Å². The largest absolute Gasteiger partial charge is 0.479 e. The van der Waals surface area contributed by atoms with Crippen molar-refractivity contribution >= 4 is 50.5 Å². The summed E-state index contributed by atoms with van der Waals surface area (Å²) in [7, 11) is 0.972. The lowest BCUT2D eigenvalue weighted by atomic mass is 10.2. The van der Waals surface area contributed by atoms with E-state index >= 15 is 0 Å². The fraction of sp³-hybridized carbons (Fsp3) is 0.312. The number of fused-ring (bicyclic) bond motifs is 1. The van der Waals surface area contributed by atoms with Crippen molar-refractivity contribution in [3.63, 3.8) is 0 Å². The van der Waals surface area contributed by atoms with Gasteiger partial charge in [-0.2, -0.15) is 0 Å². The van der Waals surface area contributed by atoms with Gasteiger partial charge in [-0.25, -0.2) is 14.9 Å². The number of ether oxygens (including phenoxy) is 1. The summed E-state index contributed by atoms with van der Waals surface area (Å²) in [5.74, 6) is -1.93. The highest BCUT2D eigenvalue weighted by Crippen LogP contribution is 2.28. The van der Waals surface area contributed by atoms with E-state index in [0.717, 1.165) is 47.4 Å². The lowest BCUT2D eigenvalue weighted by Crippen LogP contribution is -2.72. The van der Waals surface area contributed by atoms with E-state index in [-0.39, 0.29) is 0 Å². The SMILES string of the molecule is Brc1c(NC2=[NH+]CCN2)ccc2nccnc12.COC(=O)C(O)C(O)C(=O)O. The van der Waals surface area contributed by atoms with Gasteiger partial charge in [0.05, 0.1) is 30.2 Å². The first-order valence-electron chi connectivity index (χ1n) is 8.03. The Balaban J connectivity index is 0.000000224. The number of hydrogen-bond acceptors (Lipinski definition) is 9. The molecule has 11 nitrogen and oxygen atoms in total. The lowest BCUT2D eigenvalue weighted by Gasteiger charge is -2.10. The Morgan fingerprint density at radius 2 is 2.00 bits per heavy atom. The number of nitrogens with zero attached hydrogens (tertiary/aromatic N) is 2. The Morgan fingerprint density at radius 3 is 2.61 bits per heavy atom. The number of methoxy groups -OCH3 is 1. The van der Waals surface area contributed by atoms with Crippen molar-refractivity contribution in [1.82, 2.24) is 15.3 Å². The fourth-order valence-electron chi connectivity index (χ4n) is 2.14. The van der Waals surface area contributed by atoms with Gasteiger partial charge in [0.25, 0.3) is 0 Å². The number of guanidine groups is 1. The molecule has 2 unspecified atom stereocenters. The number of aliphatic hydroxyl groups is 2. The van der Waals surface area contributed by atoms with Crippen LogP contribution >= 0.6 is 15.9 Å². The van der Waals surface area contributed by atoms with Gasteiger partial charge >= 0.3 is 17.9 Å². The van der Waals surface area contributed by atoms with Crippen molar-refractivity contribution in [2.45, 2.75) is 12.2 Å². The van der Waals surface area contributed by atoms with Crippen molar-refractivity contribution in [2.75, 3.05) is 25.5 Å². The first-order valence-corrected chi connectivity index (χ1v) is 8.82. The van der Waals surface area contributed by atoms with Crippen molar-refractivity contribution in [3.05, 3.63) is 29.0 Å². The van der Waals surface area contributed by atoms with Gasteiger partial charge < -0.3 is 20.1 Å². The third-order valence-electron chi connectivity index (χ3n) is 3.56. The molecule has 0 saturated carbocycles. The minimum absolute atomic E-state index is 0.857. The molecule has 28 heavy (non-hydrogen) atoms. The molecule has 12 heteroatoms. The van der Waals surface area contributed by atoms with Crippen LogP contribution in [0.4, 0.5) is 5.69 Å². The van der Waals surface area contributed by atoms with Gasteiger partial charge in [-0.3, -0.25) is 20.3 Å². The fourth-order valence-corrected chi connectivity index (χ4v) is 2.68. The number of benzene rings is 1. The van der Waals surface area contributed by atoms with Gasteiger partial charge in [0.15, 0.2) is 12.2 Å². The number of carbonyl (C=O) groups is 2. The Kier molecular flexibility index (Phi) is 7.61. The normalized spacial score (nSPS) is 14.8. The van der Waals surface area contributed by atoms with E-state index in [1.165, 1.54) is 0 Å². The quantitative estimate of drug-likeness (QED) is 0.278. The molecule has 0 bridgehead atoms. The summed E-state index contributed by atoms with van der Waals surface area (Å²) < 4.78 is 4.89. The molecule has 0 saturated heterocycles. The minimum atomic E-state index is -2.14. The molecule has 0 aliphatic carbocycles. The maximum atomic E-state index is 10.4. The smallest absolute Gasteiger partial charge is 0.348 e. The van der Waals surface area contributed by atoms with Crippen molar-refractivity contribution in [1.29, 1.82) is 0 Å². The molecule has 0 spiro atoms. The van der Waals surface area contributed by atoms with Crippen molar-refractivity contribution in [3.8, 4) is 0 Å². The summed E-state index contributed by atoms with van der Waals surface area (Å²) in [5.41, 5.74) is 2.70. The summed E-state index contributed by atoms with van der Waals surface area (Å²) in [5, 5.41) is 31.8. The minimum Gasteiger partial charge on any atom is -0.479 e. The van der Waals surface area contributed by atoms with Crippen LogP contribution in [0.3, 0.4) is 0 Å². The molecule has 2 heterocycles. The van der Waals surface area contributed by atoms with E-state index in [1.54, 1.807) is 12.4 Å². The number of carboxylic acid groups (broad SMARTS) is 1. The Bertz CT molecular complexity index is 893. The van der Waals surface area contributed by atoms with Crippen LogP contribution in [0.15, 0.2) is 29.0 Å². The number of carboxylic acids is 1. The van der Waals surface area contributed by atoms with E-state index < -0.39 is 24.1 Å². The molecule has 3 rings (SSSR count). The summed E-state index contributed by atoms with van der Waals surface area (Å²) >= 11 is 3.56. The van der Waals surface area contributed by atoms with E-state index in [0.29, 0.717) is 0 Å². The topological polar surface area (TPSA) is 168 Å². The molecule has 6 N–H and O–H groups in total. The molecule has 1 aromatic heterocycles. The maximum Gasteiger partial charge on any atom is 0.348 e. The molecule has 2 aromatic rings. The Hall–Kier alpha value is -2.83. The molecule has 0 amide bonds. The average Bonchev–Trinajstić information content (AvgIpc) is 3.22. The Labute approximate surface area is 167 Å². The number of nitrogens with one attached hydrogen (secondary N) is 3. The molecule has 2 atom stereocenters. The monoisotopic (exact) mass is 456 g/mol. The highest BCUT2D eigenvalue weighted by atomic mass is 79.9. The first-order chi connectivity index (χ1) is 13.3. The van der Waals surface area contributed by atoms with Gasteiger partial charge in [-0.05, 0) is 28.1 Å². The predicted molar refractivity (Wildman–Crippen MR) is 101 cm³/mol. The molecule has 1 aliphatic heterocycles. The average molecular weight is 457 g/mol. The number of rotatable bonds is 4. The molecular weight excluding hydrogens is 438 g/mol. The zero-order valence-corrected chi connectivity index (χ0v) is 16.3. The van der Waals surface area contributed by atoms with Crippen LogP contribution in [-0.2, 0) is 14.3 Å². The molecule has 1 aliphatic rings. The van der Waals surface area contributed by atoms with Crippen LogP contribution in [0.1, 0.15) is 0 Å². The van der Waals surface area contributed by atoms with Gasteiger partial charge in [0, 0.05) is 12.4 Å². The number of hydrogen-bond donors (Lipinski definition) is 6. The van der Waals surface area contributed by atoms with Gasteiger partial charge in [-0.15, -0.1) is 0 Å². The number of aliphatic hydroxyl groups excluding tert-OH is 2. The number of aliphatic carboxylic acids is 1. The van der Waals surface area contributed by atoms with E-state index in [9.17, 15) is 9.59 Å². The second kappa shape index (κ2) is 9.92. The summed E-state index contributed by atoms with van der Waals surface area (Å²) in [6.07, 6.45) is -0.785. The van der Waals surface area contributed by atoms with E-state index in [1.807, 2.05) is 12.1 Å². The lowest BCUT2D eigenvalue weighted by molar-refractivity contribution is -0.444. The standard InChI is InChI=1S/C11H10BrN5.C5H8O6/c12-9-7(17-11-15-5-6-16-11)1-2-8-10(9)14-4-3-13-8;1-11-5(10)3(7)2(6)4(8)9/h1-4H,5-6H2,(H2,15,16,17);2-3,6-7H,1H3,(H,8,9)/p+1. The summed E-state index contributed by atoms with van der Waals surface area (Å²) in [4.78, 5) is 32.1. The molecule has 1 aromatic carbocycles. The van der Waals surface area contributed by atoms with Crippen LogP contribution in [0.5, 0.6) is 0 Å².